The maximum Gasteiger partial charge on any atom is 0.264 e. The van der Waals surface area contributed by atoms with E-state index in [-0.39, 0.29) is 41.2 Å². The zero-order valence-electron chi connectivity index (χ0n) is 27.0. The molecule has 0 bridgehead atoms. The average molecular weight is 690 g/mol. The van der Waals surface area contributed by atoms with Gasteiger partial charge >= 0.3 is 0 Å². The van der Waals surface area contributed by atoms with Gasteiger partial charge in [0.1, 0.15) is 24.1 Å². The Labute approximate surface area is 287 Å². The quantitative estimate of drug-likeness (QED) is 0.168. The Bertz CT molecular complexity index is 1780. The monoisotopic (exact) mass is 689 g/mol. The molecule has 1 saturated carbocycles. The number of anilines is 1. The Hall–Kier alpha value is -4.54. The molecule has 1 aliphatic rings. The van der Waals surface area contributed by atoms with Crippen molar-refractivity contribution >= 4 is 39.1 Å². The van der Waals surface area contributed by atoms with Crippen molar-refractivity contribution in [3.63, 3.8) is 0 Å². The fourth-order valence-electron chi connectivity index (χ4n) is 5.93. The SMILES string of the molecule is COc1ccc(OC)c(N(CC(=O)N(Cc2ccc(Cl)cc2)[C@H](Cc2ccccc2)C(=O)NC2CCCC2)S(=O)(=O)c2ccccc2)c1. The van der Waals surface area contributed by atoms with Crippen molar-refractivity contribution < 1.29 is 27.5 Å². The Kier molecular flexibility index (Phi) is 11.6. The summed E-state index contributed by atoms with van der Waals surface area (Å²) in [7, 11) is -1.41. The van der Waals surface area contributed by atoms with Crippen LogP contribution in [0.3, 0.4) is 0 Å². The number of ether oxygens (including phenoxy) is 2. The van der Waals surface area contributed by atoms with Gasteiger partial charge in [0.2, 0.25) is 11.8 Å². The van der Waals surface area contributed by atoms with E-state index >= 15 is 0 Å². The molecule has 0 aliphatic heterocycles. The molecule has 0 spiro atoms. The molecule has 1 aliphatic carbocycles. The summed E-state index contributed by atoms with van der Waals surface area (Å²) in [5.41, 5.74) is 1.72. The van der Waals surface area contributed by atoms with E-state index < -0.39 is 28.5 Å². The molecule has 1 N–H and O–H groups in total. The van der Waals surface area contributed by atoms with Crippen LogP contribution in [0.4, 0.5) is 5.69 Å². The number of carbonyl (C=O) groups is 2. The van der Waals surface area contributed by atoms with Gasteiger partial charge in [-0.2, -0.15) is 0 Å². The number of methoxy groups -OCH3 is 2. The summed E-state index contributed by atoms with van der Waals surface area (Å²) in [4.78, 5) is 30.4. The van der Waals surface area contributed by atoms with Crippen LogP contribution < -0.4 is 19.1 Å². The maximum absolute atomic E-state index is 14.7. The van der Waals surface area contributed by atoms with Gasteiger partial charge in [-0.3, -0.25) is 13.9 Å². The van der Waals surface area contributed by atoms with E-state index in [0.717, 1.165) is 41.1 Å². The second-order valence-electron chi connectivity index (χ2n) is 11.7. The number of sulfonamides is 1. The highest BCUT2D eigenvalue weighted by Gasteiger charge is 2.36. The van der Waals surface area contributed by atoms with E-state index in [1.165, 1.54) is 37.3 Å². The van der Waals surface area contributed by atoms with Gasteiger partial charge in [-0.1, -0.05) is 85.1 Å². The van der Waals surface area contributed by atoms with Crippen molar-refractivity contribution in [1.82, 2.24) is 10.2 Å². The van der Waals surface area contributed by atoms with Gasteiger partial charge in [-0.05, 0) is 60.4 Å². The standard InChI is InChI=1S/C37H40ClN3O6S/c1-46-31-21-22-35(47-2)33(24-31)41(48(44,45)32-15-7-4-8-16-32)26-36(42)40(25-28-17-19-29(38)20-18-28)34(23-27-11-5-3-6-12-27)37(43)39-30-13-9-10-14-30/h3-8,11-12,15-22,24,30,34H,9-10,13-14,23,25-26H2,1-2H3,(H,39,43)/t34-/m1/s1. The van der Waals surface area contributed by atoms with Crippen LogP contribution >= 0.6 is 11.6 Å². The van der Waals surface area contributed by atoms with E-state index in [9.17, 15) is 18.0 Å². The average Bonchev–Trinajstić information content (AvgIpc) is 3.63. The van der Waals surface area contributed by atoms with Crippen LogP contribution in [0.25, 0.3) is 0 Å². The van der Waals surface area contributed by atoms with Crippen LogP contribution in [0.1, 0.15) is 36.8 Å². The lowest BCUT2D eigenvalue weighted by Gasteiger charge is -2.34. The molecule has 4 aromatic rings. The number of nitrogens with one attached hydrogen (secondary N) is 1. The third-order valence-electron chi connectivity index (χ3n) is 8.50. The first-order valence-corrected chi connectivity index (χ1v) is 17.7. The molecule has 9 nitrogen and oxygen atoms in total. The lowest BCUT2D eigenvalue weighted by Crippen LogP contribution is -2.54. The van der Waals surface area contributed by atoms with Crippen LogP contribution in [0.2, 0.25) is 5.02 Å². The molecule has 2 amide bonds. The summed E-state index contributed by atoms with van der Waals surface area (Å²) in [6, 6.07) is 28.2. The van der Waals surface area contributed by atoms with E-state index in [0.29, 0.717) is 10.8 Å². The molecule has 48 heavy (non-hydrogen) atoms. The number of amides is 2. The highest BCUT2D eigenvalue weighted by Crippen LogP contribution is 2.36. The minimum Gasteiger partial charge on any atom is -0.497 e. The fraction of sp³-hybridized carbons (Fsp3) is 0.297. The van der Waals surface area contributed by atoms with Gasteiger partial charge in [0, 0.05) is 30.1 Å². The molecule has 1 fully saturated rings. The van der Waals surface area contributed by atoms with Gasteiger partial charge in [0.05, 0.1) is 24.8 Å². The van der Waals surface area contributed by atoms with Crippen LogP contribution in [-0.2, 0) is 32.6 Å². The molecule has 0 saturated heterocycles. The first-order chi connectivity index (χ1) is 23.2. The van der Waals surface area contributed by atoms with E-state index in [2.05, 4.69) is 5.32 Å². The van der Waals surface area contributed by atoms with E-state index in [1.807, 2.05) is 30.3 Å². The summed E-state index contributed by atoms with van der Waals surface area (Å²) < 4.78 is 40.7. The first kappa shape index (κ1) is 34.8. The number of hydrogen-bond donors (Lipinski definition) is 1. The van der Waals surface area contributed by atoms with Crippen LogP contribution in [-0.4, -0.2) is 58.0 Å². The molecular weight excluding hydrogens is 650 g/mol. The van der Waals surface area contributed by atoms with Gasteiger partial charge in [-0.15, -0.1) is 0 Å². The normalized spacial score (nSPS) is 13.8. The zero-order valence-corrected chi connectivity index (χ0v) is 28.6. The maximum atomic E-state index is 14.7. The molecular formula is C37H40ClN3O6S. The smallest absolute Gasteiger partial charge is 0.264 e. The minimum atomic E-state index is -4.31. The lowest BCUT2D eigenvalue weighted by molar-refractivity contribution is -0.140. The summed E-state index contributed by atoms with van der Waals surface area (Å²) in [6.07, 6.45) is 4.01. The topological polar surface area (TPSA) is 105 Å². The molecule has 1 atom stereocenters. The number of benzene rings is 4. The largest absolute Gasteiger partial charge is 0.497 e. The predicted octanol–water partition coefficient (Wildman–Crippen LogP) is 6.25. The van der Waals surface area contributed by atoms with Crippen LogP contribution in [0.5, 0.6) is 11.5 Å². The predicted molar refractivity (Wildman–Crippen MR) is 187 cm³/mol. The third kappa shape index (κ3) is 8.48. The van der Waals surface area contributed by atoms with Crippen molar-refractivity contribution in [2.75, 3.05) is 25.1 Å². The Morgan fingerprint density at radius 2 is 1.50 bits per heavy atom. The van der Waals surface area contributed by atoms with E-state index in [1.54, 1.807) is 54.6 Å². The van der Waals surface area contributed by atoms with Crippen molar-refractivity contribution in [1.29, 1.82) is 0 Å². The van der Waals surface area contributed by atoms with Gasteiger partial charge in [-0.25, -0.2) is 8.42 Å². The number of hydrogen-bond acceptors (Lipinski definition) is 6. The molecule has 0 heterocycles. The molecule has 0 radical (unpaired) electrons. The number of halogens is 1. The number of rotatable bonds is 14. The van der Waals surface area contributed by atoms with Crippen molar-refractivity contribution in [2.24, 2.45) is 0 Å². The van der Waals surface area contributed by atoms with Gasteiger partial charge in [0.25, 0.3) is 10.0 Å². The highest BCUT2D eigenvalue weighted by molar-refractivity contribution is 7.92. The van der Waals surface area contributed by atoms with Gasteiger partial charge in [0.15, 0.2) is 0 Å². The lowest BCUT2D eigenvalue weighted by atomic mass is 10.0. The summed E-state index contributed by atoms with van der Waals surface area (Å²) in [6.45, 7) is -0.573. The second kappa shape index (κ2) is 16.0. The zero-order chi connectivity index (χ0) is 34.1. The van der Waals surface area contributed by atoms with Crippen LogP contribution in [0.15, 0.2) is 108 Å². The Morgan fingerprint density at radius 3 is 2.12 bits per heavy atom. The third-order valence-corrected chi connectivity index (χ3v) is 10.5. The van der Waals surface area contributed by atoms with Crippen LogP contribution in [0, 0.1) is 0 Å². The molecule has 5 rings (SSSR count). The molecule has 4 aromatic carbocycles. The summed E-state index contributed by atoms with van der Waals surface area (Å²) >= 11 is 6.18. The molecule has 11 heteroatoms. The summed E-state index contributed by atoms with van der Waals surface area (Å²) in [5.74, 6) is -0.254. The van der Waals surface area contributed by atoms with Crippen molar-refractivity contribution in [3.8, 4) is 11.5 Å². The molecule has 0 unspecified atom stereocenters. The van der Waals surface area contributed by atoms with Crippen molar-refractivity contribution in [2.45, 2.75) is 55.6 Å². The Balaban J connectivity index is 1.60. The molecule has 0 aromatic heterocycles. The first-order valence-electron chi connectivity index (χ1n) is 15.9. The fourth-order valence-corrected chi connectivity index (χ4v) is 7.50. The highest BCUT2D eigenvalue weighted by atomic mass is 35.5. The second-order valence-corrected chi connectivity index (χ2v) is 14.0. The number of carbonyl (C=O) groups excluding carboxylic acids is 2. The van der Waals surface area contributed by atoms with Gasteiger partial charge < -0.3 is 19.7 Å². The van der Waals surface area contributed by atoms with Crippen molar-refractivity contribution in [3.05, 3.63) is 119 Å². The number of nitrogens with zero attached hydrogens (tertiary/aromatic N) is 2. The molecule has 252 valence electrons. The Morgan fingerprint density at radius 1 is 0.854 bits per heavy atom. The van der Waals surface area contributed by atoms with E-state index in [4.69, 9.17) is 21.1 Å². The minimum absolute atomic E-state index is 0.00765. The summed E-state index contributed by atoms with van der Waals surface area (Å²) in [5, 5.41) is 3.71.